The van der Waals surface area contributed by atoms with Crippen molar-refractivity contribution in [3.8, 4) is 33.9 Å². The monoisotopic (exact) mass is 378 g/mol. The Kier molecular flexibility index (Phi) is 4.31. The van der Waals surface area contributed by atoms with Gasteiger partial charge in [0.15, 0.2) is 5.82 Å². The highest BCUT2D eigenvalue weighted by molar-refractivity contribution is 5.95. The number of aromatic nitrogens is 5. The number of nitrogens with two attached hydrogens (primary N) is 1. The van der Waals surface area contributed by atoms with E-state index in [0.717, 1.165) is 39.0 Å². The van der Waals surface area contributed by atoms with Crippen LogP contribution in [0.1, 0.15) is 5.69 Å². The summed E-state index contributed by atoms with van der Waals surface area (Å²) in [4.78, 5) is 21.4. The molecule has 0 atom stereocenters. The molecule has 1 aromatic carbocycles. The summed E-state index contributed by atoms with van der Waals surface area (Å²) in [6, 6.07) is 18.0. The van der Waals surface area contributed by atoms with Gasteiger partial charge in [-0.3, -0.25) is 9.97 Å². The van der Waals surface area contributed by atoms with E-state index in [1.54, 1.807) is 6.20 Å². The molecule has 6 heteroatoms. The fraction of sp³-hybridized carbons (Fsp3) is 0.0435. The summed E-state index contributed by atoms with van der Waals surface area (Å²) in [5, 5.41) is 1.16. The first kappa shape index (κ1) is 17.2. The Morgan fingerprint density at radius 3 is 2.66 bits per heavy atom. The molecule has 0 amide bonds. The highest BCUT2D eigenvalue weighted by atomic mass is 14.9. The summed E-state index contributed by atoms with van der Waals surface area (Å²) < 4.78 is 0. The highest BCUT2D eigenvalue weighted by Gasteiger charge is 2.11. The van der Waals surface area contributed by atoms with E-state index < -0.39 is 0 Å². The summed E-state index contributed by atoms with van der Waals surface area (Å²) in [5.74, 6) is 0.557. The van der Waals surface area contributed by atoms with E-state index in [4.69, 9.17) is 10.7 Å². The zero-order valence-electron chi connectivity index (χ0n) is 15.6. The minimum atomic E-state index is 0.325. The SMILES string of the molecule is NCc1cc(-c2cncc(-c3cccc4[nH]ccc34)c2)nc(-c2ccccn2)n1. The Morgan fingerprint density at radius 2 is 1.79 bits per heavy atom. The van der Waals surface area contributed by atoms with E-state index in [0.29, 0.717) is 18.1 Å². The van der Waals surface area contributed by atoms with Crippen LogP contribution in [0.3, 0.4) is 0 Å². The van der Waals surface area contributed by atoms with E-state index in [1.807, 2.05) is 48.9 Å². The van der Waals surface area contributed by atoms with E-state index >= 15 is 0 Å². The minimum Gasteiger partial charge on any atom is -0.361 e. The van der Waals surface area contributed by atoms with Crippen molar-refractivity contribution in [3.63, 3.8) is 0 Å². The summed E-state index contributed by atoms with van der Waals surface area (Å²) in [6.07, 6.45) is 7.36. The molecule has 0 unspecified atom stereocenters. The number of nitrogens with one attached hydrogen (secondary N) is 1. The fourth-order valence-corrected chi connectivity index (χ4v) is 3.42. The van der Waals surface area contributed by atoms with Gasteiger partial charge in [-0.2, -0.15) is 0 Å². The molecule has 0 aliphatic carbocycles. The Bertz CT molecular complexity index is 1290. The molecule has 3 N–H and O–H groups in total. The minimum absolute atomic E-state index is 0.325. The van der Waals surface area contributed by atoms with Crippen LogP contribution in [0.4, 0.5) is 0 Å². The number of hydrogen-bond donors (Lipinski definition) is 2. The van der Waals surface area contributed by atoms with Crippen LogP contribution in [-0.2, 0) is 6.54 Å². The van der Waals surface area contributed by atoms with Gasteiger partial charge in [-0.05, 0) is 42.0 Å². The molecule has 29 heavy (non-hydrogen) atoms. The van der Waals surface area contributed by atoms with Crippen LogP contribution >= 0.6 is 0 Å². The second-order valence-corrected chi connectivity index (χ2v) is 6.69. The molecule has 5 aromatic rings. The van der Waals surface area contributed by atoms with Gasteiger partial charge in [0, 0.05) is 53.4 Å². The predicted molar refractivity (Wildman–Crippen MR) is 114 cm³/mol. The average molecular weight is 378 g/mol. The summed E-state index contributed by atoms with van der Waals surface area (Å²) in [6.45, 7) is 0.325. The van der Waals surface area contributed by atoms with Crippen LogP contribution in [0.15, 0.2) is 79.4 Å². The Balaban J connectivity index is 1.64. The molecule has 0 saturated carbocycles. The normalized spacial score (nSPS) is 11.1. The molecule has 0 spiro atoms. The van der Waals surface area contributed by atoms with Crippen molar-refractivity contribution in [3.05, 3.63) is 85.1 Å². The van der Waals surface area contributed by atoms with Crippen LogP contribution in [-0.4, -0.2) is 24.9 Å². The molecule has 5 rings (SSSR count). The van der Waals surface area contributed by atoms with Crippen LogP contribution < -0.4 is 5.73 Å². The number of benzene rings is 1. The third-order valence-electron chi connectivity index (χ3n) is 4.82. The molecule has 6 nitrogen and oxygen atoms in total. The second kappa shape index (κ2) is 7.26. The predicted octanol–water partition coefficient (Wildman–Crippen LogP) is 4.21. The second-order valence-electron chi connectivity index (χ2n) is 6.69. The molecule has 0 aliphatic heterocycles. The van der Waals surface area contributed by atoms with Gasteiger partial charge in [-0.15, -0.1) is 0 Å². The van der Waals surface area contributed by atoms with Gasteiger partial charge in [0.2, 0.25) is 0 Å². The van der Waals surface area contributed by atoms with Gasteiger partial charge < -0.3 is 10.7 Å². The molecule has 4 aromatic heterocycles. The summed E-state index contributed by atoms with van der Waals surface area (Å²) in [5.41, 5.74) is 12.3. The quantitative estimate of drug-likeness (QED) is 0.489. The molecular formula is C23H18N6. The summed E-state index contributed by atoms with van der Waals surface area (Å²) in [7, 11) is 0. The maximum absolute atomic E-state index is 5.89. The van der Waals surface area contributed by atoms with Gasteiger partial charge in [-0.1, -0.05) is 18.2 Å². The van der Waals surface area contributed by atoms with Crippen molar-refractivity contribution in [2.75, 3.05) is 0 Å². The van der Waals surface area contributed by atoms with Crippen molar-refractivity contribution in [1.82, 2.24) is 24.9 Å². The van der Waals surface area contributed by atoms with Gasteiger partial charge in [0.1, 0.15) is 5.69 Å². The largest absolute Gasteiger partial charge is 0.361 e. The van der Waals surface area contributed by atoms with Crippen molar-refractivity contribution in [2.24, 2.45) is 5.73 Å². The highest BCUT2D eigenvalue weighted by Crippen LogP contribution is 2.30. The first-order valence-electron chi connectivity index (χ1n) is 9.33. The zero-order valence-corrected chi connectivity index (χ0v) is 15.6. The molecule has 0 saturated heterocycles. The average Bonchev–Trinajstić information content (AvgIpc) is 3.28. The molecule has 0 bridgehead atoms. The number of hydrogen-bond acceptors (Lipinski definition) is 5. The molecule has 140 valence electrons. The Hall–Kier alpha value is -3.90. The Morgan fingerprint density at radius 1 is 0.862 bits per heavy atom. The lowest BCUT2D eigenvalue weighted by atomic mass is 10.0. The van der Waals surface area contributed by atoms with E-state index in [1.165, 1.54) is 0 Å². The van der Waals surface area contributed by atoms with Crippen molar-refractivity contribution in [1.29, 1.82) is 0 Å². The topological polar surface area (TPSA) is 93.4 Å². The first-order chi connectivity index (χ1) is 14.3. The van der Waals surface area contributed by atoms with Crippen LogP contribution in [0.5, 0.6) is 0 Å². The van der Waals surface area contributed by atoms with Crippen LogP contribution in [0.2, 0.25) is 0 Å². The molecule has 0 fully saturated rings. The zero-order chi connectivity index (χ0) is 19.6. The number of nitrogens with zero attached hydrogens (tertiary/aromatic N) is 4. The van der Waals surface area contributed by atoms with Crippen LogP contribution in [0.25, 0.3) is 44.8 Å². The standard InChI is InChI=1S/C23H18N6/c24-12-17-11-22(29-23(28-17)21-5-1-2-8-26-21)16-10-15(13-25-14-16)18-4-3-6-20-19(18)7-9-27-20/h1-11,13-14,27H,12,24H2. The van der Waals surface area contributed by atoms with Gasteiger partial charge in [-0.25, -0.2) is 9.97 Å². The van der Waals surface area contributed by atoms with Gasteiger partial charge in [0.05, 0.1) is 11.4 Å². The number of H-pyrrole nitrogens is 1. The van der Waals surface area contributed by atoms with E-state index in [2.05, 4.69) is 44.2 Å². The lowest BCUT2D eigenvalue weighted by molar-refractivity contribution is 0.967. The van der Waals surface area contributed by atoms with Gasteiger partial charge >= 0.3 is 0 Å². The van der Waals surface area contributed by atoms with Crippen molar-refractivity contribution >= 4 is 10.9 Å². The maximum Gasteiger partial charge on any atom is 0.178 e. The smallest absolute Gasteiger partial charge is 0.178 e. The number of aromatic amines is 1. The molecular weight excluding hydrogens is 360 g/mol. The number of rotatable bonds is 4. The lowest BCUT2D eigenvalue weighted by Gasteiger charge is -2.09. The lowest BCUT2D eigenvalue weighted by Crippen LogP contribution is -2.04. The molecule has 0 aliphatic rings. The number of pyridine rings is 2. The molecule has 0 radical (unpaired) electrons. The summed E-state index contributed by atoms with van der Waals surface area (Å²) >= 11 is 0. The fourth-order valence-electron chi connectivity index (χ4n) is 3.42. The number of fused-ring (bicyclic) bond motifs is 1. The third kappa shape index (κ3) is 3.26. The molecule has 4 heterocycles. The van der Waals surface area contributed by atoms with E-state index in [-0.39, 0.29) is 0 Å². The van der Waals surface area contributed by atoms with Crippen molar-refractivity contribution in [2.45, 2.75) is 6.54 Å². The van der Waals surface area contributed by atoms with Gasteiger partial charge in [0.25, 0.3) is 0 Å². The Labute approximate surface area is 167 Å². The van der Waals surface area contributed by atoms with E-state index in [9.17, 15) is 0 Å². The first-order valence-corrected chi connectivity index (χ1v) is 9.33. The van der Waals surface area contributed by atoms with Crippen molar-refractivity contribution < 1.29 is 0 Å². The maximum atomic E-state index is 5.89. The third-order valence-corrected chi connectivity index (χ3v) is 4.82. The van der Waals surface area contributed by atoms with Crippen LogP contribution in [0, 0.1) is 0 Å².